The van der Waals surface area contributed by atoms with Gasteiger partial charge in [-0.25, -0.2) is 13.1 Å². The third-order valence-electron chi connectivity index (χ3n) is 2.71. The van der Waals surface area contributed by atoms with Crippen LogP contribution in [0.1, 0.15) is 35.7 Å². The molecule has 0 saturated heterocycles. The van der Waals surface area contributed by atoms with Crippen LogP contribution in [0, 0.1) is 0 Å². The zero-order valence-corrected chi connectivity index (χ0v) is 13.6. The molecule has 93 valence electrons. The molecule has 1 amide bonds. The van der Waals surface area contributed by atoms with Crippen molar-refractivity contribution < 1.29 is 17.9 Å². The summed E-state index contributed by atoms with van der Waals surface area (Å²) in [7, 11) is -2.26. The molecule has 0 saturated carbocycles. The summed E-state index contributed by atoms with van der Waals surface area (Å²) in [4.78, 5) is 11.7. The number of carbonyl (C=O) groups is 1. The van der Waals surface area contributed by atoms with Gasteiger partial charge in [-0.2, -0.15) is 0 Å². The van der Waals surface area contributed by atoms with Crippen molar-refractivity contribution in [2.75, 3.05) is 7.11 Å². The number of fused-ring (bicyclic) bond motifs is 1. The summed E-state index contributed by atoms with van der Waals surface area (Å²) in [5.74, 6) is -0.0863. The molecule has 0 aromatic heterocycles. The Bertz CT molecular complexity index is 595. The van der Waals surface area contributed by atoms with Gasteiger partial charge < -0.3 is 4.74 Å². The van der Waals surface area contributed by atoms with Crippen LogP contribution in [0.2, 0.25) is 0 Å². The molecule has 0 atom stereocenters. The van der Waals surface area contributed by atoms with Crippen LogP contribution < -0.4 is 9.46 Å². The van der Waals surface area contributed by atoms with E-state index in [2.05, 4.69) is 0 Å². The summed E-state index contributed by atoms with van der Waals surface area (Å²) >= 11 is 0. The average molecular weight is 278 g/mol. The van der Waals surface area contributed by atoms with Crippen molar-refractivity contribution in [1.82, 2.24) is 4.72 Å². The third kappa shape index (κ3) is 2.42. The van der Waals surface area contributed by atoms with Crippen LogP contribution in [0.15, 0.2) is 17.0 Å². The number of hydrogen-bond acceptors (Lipinski definition) is 4. The molecular formula is C11H13NNaO4S. The first kappa shape index (κ1) is 15.5. The van der Waals surface area contributed by atoms with E-state index in [1.54, 1.807) is 6.07 Å². The quantitative estimate of drug-likeness (QED) is 0.815. The maximum atomic E-state index is 11.7. The fourth-order valence-electron chi connectivity index (χ4n) is 1.87. The summed E-state index contributed by atoms with van der Waals surface area (Å²) in [6.07, 6.45) is 0. The van der Waals surface area contributed by atoms with Gasteiger partial charge in [-0.15, -0.1) is 0 Å². The van der Waals surface area contributed by atoms with E-state index < -0.39 is 15.9 Å². The second-order valence-corrected chi connectivity index (χ2v) is 5.83. The fourth-order valence-corrected chi connectivity index (χ4v) is 3.07. The van der Waals surface area contributed by atoms with Crippen molar-refractivity contribution >= 4 is 45.5 Å². The number of carbonyl (C=O) groups excluding carboxylic acids is 1. The van der Waals surface area contributed by atoms with Crippen LogP contribution in [0.5, 0.6) is 5.75 Å². The van der Waals surface area contributed by atoms with E-state index in [1.807, 2.05) is 18.6 Å². The molecule has 2 rings (SSSR count). The van der Waals surface area contributed by atoms with Crippen molar-refractivity contribution in [1.29, 1.82) is 0 Å². The maximum Gasteiger partial charge on any atom is 0.266 e. The van der Waals surface area contributed by atoms with Crippen molar-refractivity contribution in [3.63, 3.8) is 0 Å². The van der Waals surface area contributed by atoms with Crippen LogP contribution in [0.3, 0.4) is 0 Å². The van der Waals surface area contributed by atoms with E-state index in [9.17, 15) is 13.2 Å². The smallest absolute Gasteiger partial charge is 0.266 e. The van der Waals surface area contributed by atoms with Gasteiger partial charge in [0.05, 0.1) is 12.7 Å². The largest absolute Gasteiger partial charge is 0.497 e. The van der Waals surface area contributed by atoms with Crippen molar-refractivity contribution in [2.24, 2.45) is 0 Å². The summed E-state index contributed by atoms with van der Waals surface area (Å²) in [5.41, 5.74) is 0.915. The topological polar surface area (TPSA) is 72.5 Å². The van der Waals surface area contributed by atoms with Crippen LogP contribution in [0.25, 0.3) is 0 Å². The fraction of sp³-hybridized carbons (Fsp3) is 0.364. The van der Waals surface area contributed by atoms with Gasteiger partial charge in [0.15, 0.2) is 0 Å². The minimum atomic E-state index is -3.72. The zero-order valence-electron chi connectivity index (χ0n) is 10.8. The standard InChI is InChI=1S/C11H13NO4S.Na/c1-6(2)8-4-7(16-3)5-9-10(8)11(13)12-17(9,14)15;/h4-6H,1-3H3,(H,12,13);. The molecule has 0 unspecified atom stereocenters. The first-order valence-electron chi connectivity index (χ1n) is 5.16. The first-order chi connectivity index (χ1) is 7.86. The molecule has 1 N–H and O–H groups in total. The number of rotatable bonds is 2. The second-order valence-electron chi connectivity index (χ2n) is 4.18. The van der Waals surface area contributed by atoms with Gasteiger partial charge in [-0.05, 0) is 17.5 Å². The van der Waals surface area contributed by atoms with Crippen molar-refractivity contribution in [3.8, 4) is 5.75 Å². The molecule has 1 radical (unpaired) electrons. The second kappa shape index (κ2) is 5.21. The van der Waals surface area contributed by atoms with E-state index in [4.69, 9.17) is 4.74 Å². The predicted molar refractivity (Wildman–Crippen MR) is 67.5 cm³/mol. The van der Waals surface area contributed by atoms with Crippen LogP contribution in [-0.4, -0.2) is 51.0 Å². The normalized spacial score (nSPS) is 15.9. The Morgan fingerprint density at radius 3 is 2.39 bits per heavy atom. The molecular weight excluding hydrogens is 265 g/mol. The molecule has 0 aliphatic carbocycles. The van der Waals surface area contributed by atoms with Crippen LogP contribution >= 0.6 is 0 Å². The summed E-state index contributed by atoms with van der Waals surface area (Å²) in [6, 6.07) is 3.07. The Morgan fingerprint density at radius 1 is 1.28 bits per heavy atom. The van der Waals surface area contributed by atoms with Crippen molar-refractivity contribution in [3.05, 3.63) is 23.3 Å². The minimum absolute atomic E-state index is 0. The van der Waals surface area contributed by atoms with Crippen molar-refractivity contribution in [2.45, 2.75) is 24.7 Å². The molecule has 1 heterocycles. The number of benzene rings is 1. The number of methoxy groups -OCH3 is 1. The molecule has 0 fully saturated rings. The SMILES string of the molecule is COc1cc(C(C)C)c2c(c1)S(=O)(=O)NC2=O.[Na]. The number of nitrogens with one attached hydrogen (secondary N) is 1. The maximum absolute atomic E-state index is 11.7. The number of ether oxygens (including phenoxy) is 1. The number of amides is 1. The van der Waals surface area contributed by atoms with Gasteiger partial charge in [-0.3, -0.25) is 4.79 Å². The molecule has 1 aromatic rings. The van der Waals surface area contributed by atoms with Crippen LogP contribution in [-0.2, 0) is 10.0 Å². The molecule has 0 bridgehead atoms. The average Bonchev–Trinajstić information content (AvgIpc) is 2.48. The Kier molecular flexibility index (Phi) is 4.48. The van der Waals surface area contributed by atoms with E-state index in [-0.39, 0.29) is 45.9 Å². The predicted octanol–water partition coefficient (Wildman–Crippen LogP) is 0.870. The van der Waals surface area contributed by atoms with Gasteiger partial charge in [0.2, 0.25) is 0 Å². The van der Waals surface area contributed by atoms with Gasteiger partial charge in [0.1, 0.15) is 10.6 Å². The molecule has 1 aliphatic rings. The van der Waals surface area contributed by atoms with E-state index >= 15 is 0 Å². The van der Waals surface area contributed by atoms with Crippen LogP contribution in [0.4, 0.5) is 0 Å². The monoisotopic (exact) mass is 278 g/mol. The molecule has 7 heteroatoms. The van der Waals surface area contributed by atoms with E-state index in [0.29, 0.717) is 11.3 Å². The van der Waals surface area contributed by atoms with E-state index in [1.165, 1.54) is 13.2 Å². The van der Waals surface area contributed by atoms with Gasteiger partial charge in [0, 0.05) is 35.6 Å². The molecule has 1 aliphatic heterocycles. The molecule has 0 spiro atoms. The number of hydrogen-bond donors (Lipinski definition) is 1. The van der Waals surface area contributed by atoms with Gasteiger partial charge in [-0.1, -0.05) is 13.8 Å². The summed E-state index contributed by atoms with van der Waals surface area (Å²) in [5, 5.41) is 0. The Balaban J connectivity index is 0.00000162. The Morgan fingerprint density at radius 2 is 1.89 bits per heavy atom. The third-order valence-corrected chi connectivity index (χ3v) is 4.06. The van der Waals surface area contributed by atoms with Gasteiger partial charge >= 0.3 is 0 Å². The number of sulfonamides is 1. The molecule has 1 aromatic carbocycles. The van der Waals surface area contributed by atoms with E-state index in [0.717, 1.165) is 0 Å². The molecule has 5 nitrogen and oxygen atoms in total. The zero-order chi connectivity index (χ0) is 12.8. The summed E-state index contributed by atoms with van der Waals surface area (Å²) < 4.78 is 30.5. The summed E-state index contributed by atoms with van der Waals surface area (Å²) in [6.45, 7) is 3.79. The Labute approximate surface area is 128 Å². The molecule has 18 heavy (non-hydrogen) atoms. The van der Waals surface area contributed by atoms with Gasteiger partial charge in [0.25, 0.3) is 15.9 Å². The minimum Gasteiger partial charge on any atom is -0.497 e. The Hall–Kier alpha value is -0.560. The first-order valence-corrected chi connectivity index (χ1v) is 6.64.